The summed E-state index contributed by atoms with van der Waals surface area (Å²) >= 11 is 3.59. The summed E-state index contributed by atoms with van der Waals surface area (Å²) in [6.45, 7) is 1.13. The molecule has 0 fully saturated rings. The van der Waals surface area contributed by atoms with E-state index in [4.69, 9.17) is 4.74 Å². The summed E-state index contributed by atoms with van der Waals surface area (Å²) in [5.41, 5.74) is 2.70. The highest BCUT2D eigenvalue weighted by Gasteiger charge is 2.17. The number of nitrogens with zero attached hydrogens (tertiary/aromatic N) is 1. The smallest absolute Gasteiger partial charge is 0.122 e. The summed E-state index contributed by atoms with van der Waals surface area (Å²) in [6, 6.07) is 4.15. The largest absolute Gasteiger partial charge is 0.497 e. The highest BCUT2D eigenvalue weighted by molar-refractivity contribution is 9.10. The van der Waals surface area contributed by atoms with E-state index in [1.165, 1.54) is 22.1 Å². The van der Waals surface area contributed by atoms with Crippen LogP contribution in [0.1, 0.15) is 12.0 Å². The molecule has 1 aliphatic heterocycles. The topological polar surface area (TPSA) is 12.5 Å². The molecular weight excluding hydrogens is 242 g/mol. The van der Waals surface area contributed by atoms with Crippen LogP contribution in [0.4, 0.5) is 5.69 Å². The zero-order valence-electron chi connectivity index (χ0n) is 8.51. The van der Waals surface area contributed by atoms with E-state index in [9.17, 15) is 0 Å². The predicted octanol–water partition coefficient (Wildman–Crippen LogP) is 2.84. The Morgan fingerprint density at radius 2 is 2.21 bits per heavy atom. The van der Waals surface area contributed by atoms with Crippen LogP contribution in [0.25, 0.3) is 0 Å². The van der Waals surface area contributed by atoms with Gasteiger partial charge in [0.1, 0.15) is 5.75 Å². The van der Waals surface area contributed by atoms with Crippen LogP contribution in [-0.4, -0.2) is 20.7 Å². The van der Waals surface area contributed by atoms with Crippen LogP contribution in [0.2, 0.25) is 0 Å². The van der Waals surface area contributed by atoms with Crippen LogP contribution in [0.3, 0.4) is 0 Å². The van der Waals surface area contributed by atoms with Gasteiger partial charge in [-0.15, -0.1) is 0 Å². The van der Waals surface area contributed by atoms with Crippen molar-refractivity contribution in [2.75, 3.05) is 25.6 Å². The normalized spacial score (nSPS) is 15.2. The number of anilines is 1. The Bertz CT molecular complexity index is 351. The van der Waals surface area contributed by atoms with E-state index in [-0.39, 0.29) is 0 Å². The SMILES string of the molecule is COc1cc(Br)c2c(c1)N(C)CCC2. The van der Waals surface area contributed by atoms with E-state index in [1.807, 2.05) is 6.07 Å². The number of benzene rings is 1. The zero-order chi connectivity index (χ0) is 10.1. The van der Waals surface area contributed by atoms with E-state index >= 15 is 0 Å². The minimum atomic E-state index is 0.921. The summed E-state index contributed by atoms with van der Waals surface area (Å²) in [4.78, 5) is 2.28. The maximum Gasteiger partial charge on any atom is 0.122 e. The van der Waals surface area contributed by atoms with Crippen molar-refractivity contribution in [3.8, 4) is 5.75 Å². The third-order valence-electron chi connectivity index (χ3n) is 2.71. The standard InChI is InChI=1S/C11H14BrNO/c1-13-5-3-4-9-10(12)6-8(14-2)7-11(9)13/h6-7H,3-5H2,1-2H3. The van der Waals surface area contributed by atoms with E-state index < -0.39 is 0 Å². The first-order valence-electron chi connectivity index (χ1n) is 4.80. The van der Waals surface area contributed by atoms with Crippen molar-refractivity contribution in [2.24, 2.45) is 0 Å². The number of fused-ring (bicyclic) bond motifs is 1. The lowest BCUT2D eigenvalue weighted by atomic mass is 10.0. The van der Waals surface area contributed by atoms with Crippen LogP contribution in [0, 0.1) is 0 Å². The third-order valence-corrected chi connectivity index (χ3v) is 3.42. The molecule has 1 heterocycles. The summed E-state index contributed by atoms with van der Waals surface area (Å²) in [5, 5.41) is 0. The Morgan fingerprint density at radius 1 is 1.43 bits per heavy atom. The lowest BCUT2D eigenvalue weighted by Gasteiger charge is -2.28. The van der Waals surface area contributed by atoms with Crippen molar-refractivity contribution in [3.05, 3.63) is 22.2 Å². The number of halogens is 1. The van der Waals surface area contributed by atoms with Crippen molar-refractivity contribution in [1.29, 1.82) is 0 Å². The minimum Gasteiger partial charge on any atom is -0.497 e. The molecule has 0 amide bonds. The molecule has 0 aliphatic carbocycles. The Labute approximate surface area is 93.0 Å². The second kappa shape index (κ2) is 3.81. The second-order valence-corrected chi connectivity index (χ2v) is 4.49. The van der Waals surface area contributed by atoms with Gasteiger partial charge in [-0.3, -0.25) is 0 Å². The van der Waals surface area contributed by atoms with Gasteiger partial charge in [-0.25, -0.2) is 0 Å². The van der Waals surface area contributed by atoms with Gasteiger partial charge in [-0.2, -0.15) is 0 Å². The Balaban J connectivity index is 2.51. The third kappa shape index (κ3) is 1.61. The van der Waals surface area contributed by atoms with Gasteiger partial charge < -0.3 is 9.64 Å². The first kappa shape index (κ1) is 9.84. The first-order chi connectivity index (χ1) is 6.72. The van der Waals surface area contributed by atoms with E-state index in [1.54, 1.807) is 7.11 Å². The number of ether oxygens (including phenoxy) is 1. The quantitative estimate of drug-likeness (QED) is 0.766. The van der Waals surface area contributed by atoms with Crippen molar-refractivity contribution in [3.63, 3.8) is 0 Å². The summed E-state index contributed by atoms with van der Waals surface area (Å²) < 4.78 is 6.42. The number of hydrogen-bond donors (Lipinski definition) is 0. The molecule has 2 rings (SSSR count). The summed E-state index contributed by atoms with van der Waals surface area (Å²) in [5.74, 6) is 0.921. The van der Waals surface area contributed by atoms with Gasteiger partial charge in [0.05, 0.1) is 7.11 Å². The molecule has 0 unspecified atom stereocenters. The van der Waals surface area contributed by atoms with E-state index in [0.29, 0.717) is 0 Å². The minimum absolute atomic E-state index is 0.921. The molecule has 1 aliphatic rings. The lowest BCUT2D eigenvalue weighted by Crippen LogP contribution is -2.24. The van der Waals surface area contributed by atoms with Crippen molar-refractivity contribution in [1.82, 2.24) is 0 Å². The Kier molecular flexibility index (Phi) is 2.68. The van der Waals surface area contributed by atoms with Crippen LogP contribution in [-0.2, 0) is 6.42 Å². The summed E-state index contributed by atoms with van der Waals surface area (Å²) in [7, 11) is 3.83. The highest BCUT2D eigenvalue weighted by atomic mass is 79.9. The molecule has 0 N–H and O–H groups in total. The molecule has 0 radical (unpaired) electrons. The average Bonchev–Trinajstić information content (AvgIpc) is 2.19. The molecular formula is C11H14BrNO. The molecule has 0 saturated carbocycles. The second-order valence-electron chi connectivity index (χ2n) is 3.63. The van der Waals surface area contributed by atoms with Crippen LogP contribution < -0.4 is 9.64 Å². The van der Waals surface area contributed by atoms with Crippen molar-refractivity contribution in [2.45, 2.75) is 12.8 Å². The van der Waals surface area contributed by atoms with E-state index in [0.717, 1.165) is 18.7 Å². The number of hydrogen-bond acceptors (Lipinski definition) is 2. The molecule has 1 aromatic carbocycles. The van der Waals surface area contributed by atoms with Gasteiger partial charge in [0.15, 0.2) is 0 Å². The average molecular weight is 256 g/mol. The highest BCUT2D eigenvalue weighted by Crippen LogP contribution is 2.35. The number of rotatable bonds is 1. The van der Waals surface area contributed by atoms with Crippen LogP contribution in [0.5, 0.6) is 5.75 Å². The molecule has 3 heteroatoms. The summed E-state index contributed by atoms with van der Waals surface area (Å²) in [6.07, 6.45) is 2.39. The molecule has 76 valence electrons. The van der Waals surface area contributed by atoms with Gasteiger partial charge in [-0.05, 0) is 24.5 Å². The molecule has 0 saturated heterocycles. The predicted molar refractivity (Wildman–Crippen MR) is 62.3 cm³/mol. The fourth-order valence-corrected chi connectivity index (χ4v) is 2.54. The molecule has 0 spiro atoms. The van der Waals surface area contributed by atoms with Crippen molar-refractivity contribution >= 4 is 21.6 Å². The fraction of sp³-hybridized carbons (Fsp3) is 0.455. The molecule has 14 heavy (non-hydrogen) atoms. The van der Waals surface area contributed by atoms with Crippen LogP contribution in [0.15, 0.2) is 16.6 Å². The first-order valence-corrected chi connectivity index (χ1v) is 5.59. The Morgan fingerprint density at radius 3 is 2.93 bits per heavy atom. The lowest BCUT2D eigenvalue weighted by molar-refractivity contribution is 0.414. The molecule has 1 aromatic rings. The monoisotopic (exact) mass is 255 g/mol. The number of methoxy groups -OCH3 is 1. The van der Waals surface area contributed by atoms with Gasteiger partial charge in [-0.1, -0.05) is 15.9 Å². The fourth-order valence-electron chi connectivity index (χ4n) is 1.92. The van der Waals surface area contributed by atoms with Gasteiger partial charge >= 0.3 is 0 Å². The van der Waals surface area contributed by atoms with E-state index in [2.05, 4.69) is 33.9 Å². The maximum absolute atomic E-state index is 5.25. The van der Waals surface area contributed by atoms with Crippen molar-refractivity contribution < 1.29 is 4.74 Å². The molecule has 0 atom stereocenters. The Hall–Kier alpha value is -0.700. The van der Waals surface area contributed by atoms with Gasteiger partial charge in [0, 0.05) is 29.8 Å². The maximum atomic E-state index is 5.25. The van der Waals surface area contributed by atoms with Crippen LogP contribution >= 0.6 is 15.9 Å². The molecule has 0 aromatic heterocycles. The molecule has 2 nitrogen and oxygen atoms in total. The van der Waals surface area contributed by atoms with Gasteiger partial charge in [0.25, 0.3) is 0 Å². The zero-order valence-corrected chi connectivity index (χ0v) is 10.1. The van der Waals surface area contributed by atoms with Gasteiger partial charge in [0.2, 0.25) is 0 Å². The molecule has 0 bridgehead atoms.